The van der Waals surface area contributed by atoms with Crippen molar-refractivity contribution in [1.29, 1.82) is 0 Å². The standard InChI is InChI=1S/C11H14N2O6S/c1-13(20(2,18)19)6-10(15)12-7-3-4-9(14)8(5-7)11(16)17/h3-5,14H,6H2,1-2H3,(H,12,15)(H,16,17). The van der Waals surface area contributed by atoms with Crippen LogP contribution in [0.25, 0.3) is 0 Å². The number of hydrogen-bond acceptors (Lipinski definition) is 5. The highest BCUT2D eigenvalue weighted by Gasteiger charge is 2.16. The van der Waals surface area contributed by atoms with Crippen molar-refractivity contribution in [1.82, 2.24) is 4.31 Å². The summed E-state index contributed by atoms with van der Waals surface area (Å²) < 4.78 is 23.1. The van der Waals surface area contributed by atoms with Gasteiger partial charge in [-0.2, -0.15) is 4.31 Å². The van der Waals surface area contributed by atoms with Crippen LogP contribution in [0.1, 0.15) is 10.4 Å². The molecule has 1 aromatic rings. The van der Waals surface area contributed by atoms with Crippen molar-refractivity contribution < 1.29 is 28.2 Å². The first-order valence-corrected chi connectivity index (χ1v) is 7.23. The van der Waals surface area contributed by atoms with Crippen molar-refractivity contribution in [2.24, 2.45) is 0 Å². The number of likely N-dealkylation sites (N-methyl/N-ethyl adjacent to an activating group) is 1. The Morgan fingerprint density at radius 3 is 2.45 bits per heavy atom. The number of carbonyl (C=O) groups excluding carboxylic acids is 1. The first-order valence-electron chi connectivity index (χ1n) is 5.38. The van der Waals surface area contributed by atoms with E-state index in [0.717, 1.165) is 22.7 Å². The number of benzene rings is 1. The van der Waals surface area contributed by atoms with Gasteiger partial charge in [-0.15, -0.1) is 0 Å². The summed E-state index contributed by atoms with van der Waals surface area (Å²) in [6.45, 7) is -0.401. The van der Waals surface area contributed by atoms with Crippen LogP contribution >= 0.6 is 0 Å². The number of anilines is 1. The first kappa shape index (κ1) is 15.9. The smallest absolute Gasteiger partial charge is 0.339 e. The number of carboxylic acid groups (broad SMARTS) is 1. The second-order valence-electron chi connectivity index (χ2n) is 4.10. The van der Waals surface area contributed by atoms with E-state index in [1.807, 2.05) is 0 Å². The van der Waals surface area contributed by atoms with Gasteiger partial charge in [0.15, 0.2) is 0 Å². The molecule has 0 aliphatic heterocycles. The number of amides is 1. The average Bonchev–Trinajstić information content (AvgIpc) is 2.29. The Kier molecular flexibility index (Phi) is 4.69. The summed E-state index contributed by atoms with van der Waals surface area (Å²) in [7, 11) is -2.24. The Morgan fingerprint density at radius 1 is 1.35 bits per heavy atom. The third-order valence-corrected chi connectivity index (χ3v) is 3.70. The van der Waals surface area contributed by atoms with Gasteiger partial charge in [0.25, 0.3) is 0 Å². The third-order valence-electron chi connectivity index (χ3n) is 2.44. The fourth-order valence-electron chi connectivity index (χ4n) is 1.31. The van der Waals surface area contributed by atoms with Gasteiger partial charge in [-0.05, 0) is 18.2 Å². The summed E-state index contributed by atoms with van der Waals surface area (Å²) in [5.41, 5.74) is -0.216. The molecule has 0 bridgehead atoms. The number of carboxylic acids is 1. The number of nitrogens with one attached hydrogen (secondary N) is 1. The van der Waals surface area contributed by atoms with Gasteiger partial charge in [0.1, 0.15) is 11.3 Å². The van der Waals surface area contributed by atoms with E-state index in [2.05, 4.69) is 5.32 Å². The third kappa shape index (κ3) is 4.21. The molecule has 0 radical (unpaired) electrons. The summed E-state index contributed by atoms with van der Waals surface area (Å²) in [5.74, 6) is -2.39. The van der Waals surface area contributed by atoms with Crippen LogP contribution in [-0.2, 0) is 14.8 Å². The zero-order valence-corrected chi connectivity index (χ0v) is 11.6. The van der Waals surface area contributed by atoms with Crippen molar-refractivity contribution >= 4 is 27.6 Å². The highest BCUT2D eigenvalue weighted by molar-refractivity contribution is 7.88. The maximum absolute atomic E-state index is 11.6. The van der Waals surface area contributed by atoms with Gasteiger partial charge in [0, 0.05) is 12.7 Å². The van der Waals surface area contributed by atoms with Crippen LogP contribution in [0.5, 0.6) is 5.75 Å². The second kappa shape index (κ2) is 5.88. The first-order chi connectivity index (χ1) is 9.11. The van der Waals surface area contributed by atoms with Crippen LogP contribution in [-0.4, -0.2) is 54.7 Å². The fourth-order valence-corrected chi connectivity index (χ4v) is 1.66. The van der Waals surface area contributed by atoms with Crippen LogP contribution in [0.2, 0.25) is 0 Å². The van der Waals surface area contributed by atoms with E-state index in [1.165, 1.54) is 13.1 Å². The summed E-state index contributed by atoms with van der Waals surface area (Å²) in [5, 5.41) is 20.5. The molecular weight excluding hydrogens is 288 g/mol. The van der Waals surface area contributed by atoms with E-state index >= 15 is 0 Å². The zero-order chi connectivity index (χ0) is 15.5. The molecule has 0 unspecified atom stereocenters. The van der Waals surface area contributed by atoms with Gasteiger partial charge in [-0.1, -0.05) is 0 Å². The predicted molar refractivity (Wildman–Crippen MR) is 71.2 cm³/mol. The van der Waals surface area contributed by atoms with E-state index < -0.39 is 34.2 Å². The molecule has 9 heteroatoms. The molecule has 0 aliphatic rings. The van der Waals surface area contributed by atoms with Crippen molar-refractivity contribution in [3.05, 3.63) is 23.8 Å². The number of nitrogens with zero attached hydrogens (tertiary/aromatic N) is 1. The van der Waals surface area contributed by atoms with Crippen molar-refractivity contribution in [2.75, 3.05) is 25.2 Å². The lowest BCUT2D eigenvalue weighted by atomic mass is 10.2. The molecule has 0 aromatic heterocycles. The summed E-state index contributed by atoms with van der Waals surface area (Å²) in [6.07, 6.45) is 0.962. The molecular formula is C11H14N2O6S. The number of sulfonamides is 1. The van der Waals surface area contributed by atoms with Gasteiger partial charge in [-0.25, -0.2) is 13.2 Å². The van der Waals surface area contributed by atoms with Crippen LogP contribution < -0.4 is 5.32 Å². The van der Waals surface area contributed by atoms with Crippen LogP contribution in [0.15, 0.2) is 18.2 Å². The molecule has 0 saturated carbocycles. The number of carbonyl (C=O) groups is 2. The Morgan fingerprint density at radius 2 is 1.95 bits per heavy atom. The minimum absolute atomic E-state index is 0.145. The normalized spacial score (nSPS) is 11.3. The van der Waals surface area contributed by atoms with Gasteiger partial charge < -0.3 is 15.5 Å². The predicted octanol–water partition coefficient (Wildman–Crippen LogP) is -0.0797. The Bertz CT molecular complexity index is 640. The minimum Gasteiger partial charge on any atom is -0.507 e. The monoisotopic (exact) mass is 302 g/mol. The average molecular weight is 302 g/mol. The van der Waals surface area contributed by atoms with E-state index in [4.69, 9.17) is 5.11 Å². The van der Waals surface area contributed by atoms with Gasteiger partial charge in [-0.3, -0.25) is 4.79 Å². The molecule has 20 heavy (non-hydrogen) atoms. The van der Waals surface area contributed by atoms with Crippen LogP contribution in [0.4, 0.5) is 5.69 Å². The molecule has 1 rings (SSSR count). The highest BCUT2D eigenvalue weighted by Crippen LogP contribution is 2.21. The van der Waals surface area contributed by atoms with Crippen molar-refractivity contribution in [3.63, 3.8) is 0 Å². The van der Waals surface area contributed by atoms with Gasteiger partial charge >= 0.3 is 5.97 Å². The highest BCUT2D eigenvalue weighted by atomic mass is 32.2. The molecule has 0 fully saturated rings. The van der Waals surface area contributed by atoms with E-state index in [-0.39, 0.29) is 11.3 Å². The molecule has 110 valence electrons. The van der Waals surface area contributed by atoms with E-state index in [0.29, 0.717) is 0 Å². The Balaban J connectivity index is 2.82. The maximum Gasteiger partial charge on any atom is 0.339 e. The number of rotatable bonds is 5. The molecule has 3 N–H and O–H groups in total. The quantitative estimate of drug-likeness (QED) is 0.653. The van der Waals surface area contributed by atoms with Crippen molar-refractivity contribution in [2.45, 2.75) is 0 Å². The SMILES string of the molecule is CN(CC(=O)Nc1ccc(O)c(C(=O)O)c1)S(C)(=O)=O. The van der Waals surface area contributed by atoms with Crippen LogP contribution in [0.3, 0.4) is 0 Å². The Labute approximate surface area is 115 Å². The molecule has 1 amide bonds. The summed E-state index contributed by atoms with van der Waals surface area (Å²) in [6, 6.07) is 3.51. The second-order valence-corrected chi connectivity index (χ2v) is 6.19. The number of aromatic carboxylic acids is 1. The summed E-state index contributed by atoms with van der Waals surface area (Å²) in [4.78, 5) is 22.4. The lowest BCUT2D eigenvalue weighted by Gasteiger charge is -2.14. The largest absolute Gasteiger partial charge is 0.507 e. The number of hydrogen-bond donors (Lipinski definition) is 3. The molecule has 0 spiro atoms. The molecule has 1 aromatic carbocycles. The molecule has 0 heterocycles. The van der Waals surface area contributed by atoms with Gasteiger partial charge in [0.05, 0.1) is 12.8 Å². The fraction of sp³-hybridized carbons (Fsp3) is 0.273. The minimum atomic E-state index is -3.48. The van der Waals surface area contributed by atoms with E-state index in [1.54, 1.807) is 0 Å². The topological polar surface area (TPSA) is 124 Å². The number of phenols is 1. The molecule has 8 nitrogen and oxygen atoms in total. The summed E-state index contributed by atoms with van der Waals surface area (Å²) >= 11 is 0. The van der Waals surface area contributed by atoms with E-state index in [9.17, 15) is 23.1 Å². The lowest BCUT2D eigenvalue weighted by Crippen LogP contribution is -2.34. The molecule has 0 aliphatic carbocycles. The zero-order valence-electron chi connectivity index (χ0n) is 10.8. The Hall–Kier alpha value is -2.13. The molecule has 0 atom stereocenters. The lowest BCUT2D eigenvalue weighted by molar-refractivity contribution is -0.116. The van der Waals surface area contributed by atoms with Gasteiger partial charge in [0.2, 0.25) is 15.9 Å². The van der Waals surface area contributed by atoms with Crippen molar-refractivity contribution in [3.8, 4) is 5.75 Å². The molecule has 0 saturated heterocycles. The number of aromatic hydroxyl groups is 1. The maximum atomic E-state index is 11.6. The van der Waals surface area contributed by atoms with Crippen LogP contribution in [0, 0.1) is 0 Å².